The highest BCUT2D eigenvalue weighted by atomic mass is 35.5. The lowest BCUT2D eigenvalue weighted by Gasteiger charge is -2.04. The molecule has 0 unspecified atom stereocenters. The van der Waals surface area contributed by atoms with Crippen LogP contribution in [0.2, 0.25) is 10.0 Å². The van der Waals surface area contributed by atoms with Gasteiger partial charge in [-0.3, -0.25) is 0 Å². The molecule has 0 fully saturated rings. The Hall–Kier alpha value is -0.730. The van der Waals surface area contributed by atoms with E-state index >= 15 is 0 Å². The largest absolute Gasteiger partial charge is 0.396 e. The number of halogens is 2. The van der Waals surface area contributed by atoms with E-state index in [0.29, 0.717) is 27.0 Å². The summed E-state index contributed by atoms with van der Waals surface area (Å²) < 4.78 is 0. The first-order valence-corrected chi connectivity index (χ1v) is 4.08. The molecule has 0 aromatic heterocycles. The summed E-state index contributed by atoms with van der Waals surface area (Å²) in [4.78, 5) is 0. The lowest BCUT2D eigenvalue weighted by molar-refractivity contribution is 1.45. The van der Waals surface area contributed by atoms with E-state index in [4.69, 9.17) is 34.3 Å². The van der Waals surface area contributed by atoms with Crippen LogP contribution in [0, 0.1) is 5.41 Å². The lowest BCUT2D eigenvalue weighted by atomic mass is 10.1. The van der Waals surface area contributed by atoms with Crippen molar-refractivity contribution in [2.75, 3.05) is 5.73 Å². The summed E-state index contributed by atoms with van der Waals surface area (Å²) in [7, 11) is 0. The van der Waals surface area contributed by atoms with Gasteiger partial charge in [0.15, 0.2) is 0 Å². The zero-order valence-corrected chi connectivity index (χ0v) is 8.00. The van der Waals surface area contributed by atoms with E-state index in [9.17, 15) is 0 Å². The number of nitrogens with two attached hydrogens (primary N) is 1. The molecule has 0 spiro atoms. The van der Waals surface area contributed by atoms with Gasteiger partial charge in [0.2, 0.25) is 0 Å². The molecule has 0 saturated carbocycles. The van der Waals surface area contributed by atoms with Gasteiger partial charge in [-0.25, -0.2) is 0 Å². The van der Waals surface area contributed by atoms with Crippen LogP contribution in [-0.2, 0) is 0 Å². The summed E-state index contributed by atoms with van der Waals surface area (Å²) in [5, 5.41) is 8.13. The van der Waals surface area contributed by atoms with Gasteiger partial charge in [-0.15, -0.1) is 0 Å². The van der Waals surface area contributed by atoms with Crippen molar-refractivity contribution in [2.24, 2.45) is 0 Å². The Morgan fingerprint density at radius 2 is 1.75 bits per heavy atom. The molecule has 1 rings (SSSR count). The molecule has 2 nitrogen and oxygen atoms in total. The first-order chi connectivity index (χ1) is 5.52. The molecule has 64 valence electrons. The average Bonchev–Trinajstić information content (AvgIpc) is 1.99. The predicted molar refractivity (Wildman–Crippen MR) is 53.4 cm³/mol. The SMILES string of the molecule is CC(=N)c1cc(Cl)c(N)c(Cl)c1. The second-order valence-corrected chi connectivity index (χ2v) is 3.29. The minimum Gasteiger partial charge on any atom is -0.396 e. The van der Waals surface area contributed by atoms with Crippen LogP contribution in [0.15, 0.2) is 12.1 Å². The molecule has 4 heteroatoms. The Morgan fingerprint density at radius 1 is 1.33 bits per heavy atom. The van der Waals surface area contributed by atoms with Gasteiger partial charge in [0.1, 0.15) is 0 Å². The van der Waals surface area contributed by atoms with Crippen molar-refractivity contribution in [2.45, 2.75) is 6.92 Å². The number of benzene rings is 1. The molecular weight excluding hydrogens is 195 g/mol. The van der Waals surface area contributed by atoms with E-state index < -0.39 is 0 Å². The fraction of sp³-hybridized carbons (Fsp3) is 0.125. The van der Waals surface area contributed by atoms with Gasteiger partial charge in [-0.1, -0.05) is 23.2 Å². The summed E-state index contributed by atoms with van der Waals surface area (Å²) in [5.41, 5.74) is 6.99. The first kappa shape index (κ1) is 9.36. The minimum absolute atomic E-state index is 0.364. The number of anilines is 1. The van der Waals surface area contributed by atoms with Crippen LogP contribution >= 0.6 is 23.2 Å². The third kappa shape index (κ3) is 1.71. The highest BCUT2D eigenvalue weighted by molar-refractivity contribution is 6.39. The fourth-order valence-corrected chi connectivity index (χ4v) is 1.29. The maximum atomic E-state index is 7.34. The van der Waals surface area contributed by atoms with Crippen molar-refractivity contribution in [3.63, 3.8) is 0 Å². The standard InChI is InChI=1S/C8H8Cl2N2/c1-4(11)5-2-6(9)8(12)7(10)3-5/h2-3,11H,12H2,1H3. The lowest BCUT2D eigenvalue weighted by Crippen LogP contribution is -1.95. The van der Waals surface area contributed by atoms with E-state index in [0.717, 1.165) is 0 Å². The van der Waals surface area contributed by atoms with E-state index in [1.54, 1.807) is 19.1 Å². The van der Waals surface area contributed by atoms with Gasteiger partial charge < -0.3 is 11.1 Å². The number of nitrogens with one attached hydrogen (secondary N) is 1. The summed E-state index contributed by atoms with van der Waals surface area (Å²) in [6, 6.07) is 3.26. The number of hydrogen-bond acceptors (Lipinski definition) is 2. The van der Waals surface area contributed by atoms with Crippen LogP contribution in [0.25, 0.3) is 0 Å². The van der Waals surface area contributed by atoms with Gasteiger partial charge in [-0.2, -0.15) is 0 Å². The van der Waals surface area contributed by atoms with Crippen molar-refractivity contribution < 1.29 is 0 Å². The van der Waals surface area contributed by atoms with Crippen LogP contribution in [0.4, 0.5) is 5.69 Å². The zero-order valence-electron chi connectivity index (χ0n) is 6.49. The molecule has 1 aromatic rings. The van der Waals surface area contributed by atoms with E-state index in [1.807, 2.05) is 0 Å². The van der Waals surface area contributed by atoms with E-state index in [1.165, 1.54) is 0 Å². The Bertz CT molecular complexity index is 311. The molecule has 0 saturated heterocycles. The summed E-state index contributed by atoms with van der Waals surface area (Å²) in [6.45, 7) is 1.66. The maximum absolute atomic E-state index is 7.34. The number of nitrogen functional groups attached to an aromatic ring is 1. The smallest absolute Gasteiger partial charge is 0.0693 e. The molecule has 0 aliphatic heterocycles. The van der Waals surface area contributed by atoms with Crippen molar-refractivity contribution in [1.82, 2.24) is 0 Å². The van der Waals surface area contributed by atoms with Gasteiger partial charge in [0, 0.05) is 5.71 Å². The Kier molecular flexibility index (Phi) is 2.60. The van der Waals surface area contributed by atoms with Crippen molar-refractivity contribution >= 4 is 34.6 Å². The van der Waals surface area contributed by atoms with Crippen molar-refractivity contribution in [1.29, 1.82) is 5.41 Å². The molecule has 0 radical (unpaired) electrons. The van der Waals surface area contributed by atoms with Crippen LogP contribution in [-0.4, -0.2) is 5.71 Å². The Balaban J connectivity index is 3.31. The summed E-state index contributed by atoms with van der Waals surface area (Å²) in [6.07, 6.45) is 0. The van der Waals surface area contributed by atoms with Crippen LogP contribution < -0.4 is 5.73 Å². The molecule has 0 aliphatic rings. The molecule has 3 N–H and O–H groups in total. The monoisotopic (exact) mass is 202 g/mol. The van der Waals surface area contributed by atoms with Crippen LogP contribution in [0.5, 0.6) is 0 Å². The average molecular weight is 203 g/mol. The molecule has 0 atom stereocenters. The second kappa shape index (κ2) is 3.33. The molecule has 0 aliphatic carbocycles. The Labute approximate surface area is 80.8 Å². The third-order valence-electron chi connectivity index (χ3n) is 1.51. The van der Waals surface area contributed by atoms with Crippen LogP contribution in [0.3, 0.4) is 0 Å². The first-order valence-electron chi connectivity index (χ1n) is 3.32. The second-order valence-electron chi connectivity index (χ2n) is 2.48. The normalized spacial score (nSPS) is 9.92. The molecule has 0 heterocycles. The third-order valence-corrected chi connectivity index (χ3v) is 2.14. The van der Waals surface area contributed by atoms with Gasteiger partial charge in [-0.05, 0) is 24.6 Å². The quantitative estimate of drug-likeness (QED) is 0.534. The topological polar surface area (TPSA) is 49.9 Å². The van der Waals surface area contributed by atoms with Gasteiger partial charge in [0.25, 0.3) is 0 Å². The van der Waals surface area contributed by atoms with Crippen molar-refractivity contribution in [3.05, 3.63) is 27.7 Å². The zero-order chi connectivity index (χ0) is 9.30. The summed E-state index contributed by atoms with van der Waals surface area (Å²) >= 11 is 11.5. The molecular formula is C8H8Cl2N2. The fourth-order valence-electron chi connectivity index (χ4n) is 0.801. The minimum atomic E-state index is 0.364. The molecule has 0 amide bonds. The van der Waals surface area contributed by atoms with Gasteiger partial charge in [0.05, 0.1) is 15.7 Å². The predicted octanol–water partition coefficient (Wildman–Crippen LogP) is 2.96. The van der Waals surface area contributed by atoms with E-state index in [-0.39, 0.29) is 0 Å². The Morgan fingerprint density at radius 3 is 2.08 bits per heavy atom. The highest BCUT2D eigenvalue weighted by Crippen LogP contribution is 2.28. The summed E-state index contributed by atoms with van der Waals surface area (Å²) in [5.74, 6) is 0. The molecule has 1 aromatic carbocycles. The highest BCUT2D eigenvalue weighted by Gasteiger charge is 2.05. The number of rotatable bonds is 1. The van der Waals surface area contributed by atoms with Crippen LogP contribution in [0.1, 0.15) is 12.5 Å². The van der Waals surface area contributed by atoms with E-state index in [2.05, 4.69) is 0 Å². The van der Waals surface area contributed by atoms with Gasteiger partial charge >= 0.3 is 0 Å². The maximum Gasteiger partial charge on any atom is 0.0693 e. The molecule has 12 heavy (non-hydrogen) atoms. The number of hydrogen-bond donors (Lipinski definition) is 2. The molecule has 0 bridgehead atoms. The van der Waals surface area contributed by atoms with Crippen molar-refractivity contribution in [3.8, 4) is 0 Å².